The average Bonchev–Trinajstić information content (AvgIpc) is 3.34. The molecule has 2 amide bonds. The summed E-state index contributed by atoms with van der Waals surface area (Å²) < 4.78 is 5.27. The first-order valence-corrected chi connectivity index (χ1v) is 13.9. The maximum Gasteiger partial charge on any atom is 0.249 e. The maximum atomic E-state index is 13.0. The van der Waals surface area contributed by atoms with Crippen LogP contribution in [0.3, 0.4) is 0 Å². The van der Waals surface area contributed by atoms with E-state index in [9.17, 15) is 9.59 Å². The summed E-state index contributed by atoms with van der Waals surface area (Å²) in [5, 5.41) is 15.2. The van der Waals surface area contributed by atoms with Crippen molar-refractivity contribution >= 4 is 28.3 Å². The van der Waals surface area contributed by atoms with Crippen molar-refractivity contribution in [3.05, 3.63) is 24.3 Å². The van der Waals surface area contributed by atoms with Gasteiger partial charge in [0.15, 0.2) is 0 Å². The molecule has 0 aliphatic rings. The van der Waals surface area contributed by atoms with E-state index in [0.717, 1.165) is 30.6 Å². The van der Waals surface area contributed by atoms with Crippen molar-refractivity contribution in [3.63, 3.8) is 0 Å². The minimum Gasteiger partial charge on any atom is -0.497 e. The summed E-state index contributed by atoms with van der Waals surface area (Å²) in [5.74, 6) is 0.415. The molecule has 0 spiro atoms. The highest BCUT2D eigenvalue weighted by molar-refractivity contribution is 7.18. The SMILES string of the molecule is CCCCCCCCCCCC(=O)NC(C(=O)Nc1nnc(-c2cccc(OC)c2)s1)C(C)CC. The van der Waals surface area contributed by atoms with E-state index in [4.69, 9.17) is 4.74 Å². The predicted octanol–water partition coefficient (Wildman–Crippen LogP) is 6.60. The van der Waals surface area contributed by atoms with E-state index >= 15 is 0 Å². The fourth-order valence-corrected chi connectivity index (χ4v) is 4.62. The molecule has 2 aromatic rings. The molecule has 0 saturated heterocycles. The fourth-order valence-electron chi connectivity index (χ4n) is 3.87. The van der Waals surface area contributed by atoms with Gasteiger partial charge in [0.1, 0.15) is 16.8 Å². The topological polar surface area (TPSA) is 93.2 Å². The van der Waals surface area contributed by atoms with Gasteiger partial charge in [0, 0.05) is 12.0 Å². The van der Waals surface area contributed by atoms with Crippen LogP contribution in [-0.4, -0.2) is 35.2 Å². The van der Waals surface area contributed by atoms with Crippen LogP contribution in [0.2, 0.25) is 0 Å². The van der Waals surface area contributed by atoms with Crippen molar-refractivity contribution in [3.8, 4) is 16.3 Å². The van der Waals surface area contributed by atoms with Crippen LogP contribution in [0.5, 0.6) is 5.75 Å². The minimum absolute atomic E-state index is 0.00727. The highest BCUT2D eigenvalue weighted by Gasteiger charge is 2.26. The Balaban J connectivity index is 1.82. The number of aromatic nitrogens is 2. The average molecular weight is 503 g/mol. The van der Waals surface area contributed by atoms with Crippen LogP contribution >= 0.6 is 11.3 Å². The van der Waals surface area contributed by atoms with Crippen molar-refractivity contribution in [1.82, 2.24) is 15.5 Å². The lowest BCUT2D eigenvalue weighted by atomic mass is 9.98. The summed E-state index contributed by atoms with van der Waals surface area (Å²) in [6.07, 6.45) is 12.1. The van der Waals surface area contributed by atoms with Gasteiger partial charge in [-0.2, -0.15) is 0 Å². The quantitative estimate of drug-likeness (QED) is 0.238. The number of carbonyl (C=O) groups is 2. The number of unbranched alkanes of at least 4 members (excludes halogenated alkanes) is 8. The molecule has 2 atom stereocenters. The van der Waals surface area contributed by atoms with E-state index < -0.39 is 6.04 Å². The molecule has 2 N–H and O–H groups in total. The summed E-state index contributed by atoms with van der Waals surface area (Å²) in [5.41, 5.74) is 0.870. The Hall–Kier alpha value is -2.48. The number of nitrogens with one attached hydrogen (secondary N) is 2. The Bertz CT molecular complexity index is 902. The Morgan fingerprint density at radius 3 is 2.34 bits per heavy atom. The van der Waals surface area contributed by atoms with E-state index in [1.807, 2.05) is 38.1 Å². The van der Waals surface area contributed by atoms with Crippen LogP contribution in [-0.2, 0) is 9.59 Å². The van der Waals surface area contributed by atoms with E-state index in [0.29, 0.717) is 16.6 Å². The van der Waals surface area contributed by atoms with E-state index in [-0.39, 0.29) is 17.7 Å². The summed E-state index contributed by atoms with van der Waals surface area (Å²) in [7, 11) is 1.61. The third kappa shape index (κ3) is 10.3. The third-order valence-electron chi connectivity index (χ3n) is 6.29. The van der Waals surface area contributed by atoms with Crippen LogP contribution in [0, 0.1) is 5.92 Å². The number of rotatable bonds is 17. The van der Waals surface area contributed by atoms with E-state index in [1.54, 1.807) is 7.11 Å². The van der Waals surface area contributed by atoms with E-state index in [1.165, 1.54) is 56.3 Å². The highest BCUT2D eigenvalue weighted by atomic mass is 32.1. The Labute approximate surface area is 214 Å². The lowest BCUT2D eigenvalue weighted by molar-refractivity contribution is -0.127. The lowest BCUT2D eigenvalue weighted by Crippen LogP contribution is -2.47. The largest absolute Gasteiger partial charge is 0.497 e. The molecule has 0 aliphatic heterocycles. The molecular formula is C27H42N4O3S. The first kappa shape index (κ1) is 28.8. The molecule has 1 aromatic carbocycles. The first-order chi connectivity index (χ1) is 17.0. The number of methoxy groups -OCH3 is 1. The second kappa shape index (κ2) is 16.2. The zero-order valence-electron chi connectivity index (χ0n) is 21.8. The van der Waals surface area contributed by atoms with Gasteiger partial charge in [-0.3, -0.25) is 14.9 Å². The number of anilines is 1. The normalized spacial score (nSPS) is 12.7. The molecule has 0 radical (unpaired) electrons. The van der Waals surface area contributed by atoms with Gasteiger partial charge >= 0.3 is 0 Å². The van der Waals surface area contributed by atoms with Crippen LogP contribution in [0.4, 0.5) is 5.13 Å². The number of carbonyl (C=O) groups excluding carboxylic acids is 2. The molecular weight excluding hydrogens is 460 g/mol. The fraction of sp³-hybridized carbons (Fsp3) is 0.630. The van der Waals surface area contributed by atoms with Crippen molar-refractivity contribution in [2.75, 3.05) is 12.4 Å². The maximum absolute atomic E-state index is 13.0. The zero-order valence-corrected chi connectivity index (χ0v) is 22.6. The number of nitrogens with zero attached hydrogens (tertiary/aromatic N) is 2. The van der Waals surface area contributed by atoms with Crippen LogP contribution < -0.4 is 15.4 Å². The molecule has 2 rings (SSSR count). The summed E-state index contributed by atoms with van der Waals surface area (Å²) >= 11 is 1.29. The van der Waals surface area contributed by atoms with Gasteiger partial charge in [0.05, 0.1) is 7.11 Å². The first-order valence-electron chi connectivity index (χ1n) is 13.1. The van der Waals surface area contributed by atoms with Gasteiger partial charge in [-0.1, -0.05) is 102 Å². The van der Waals surface area contributed by atoms with Crippen LogP contribution in [0.1, 0.15) is 91.4 Å². The molecule has 0 fully saturated rings. The minimum atomic E-state index is -0.602. The number of hydrogen-bond donors (Lipinski definition) is 2. The van der Waals surface area contributed by atoms with Crippen LogP contribution in [0.25, 0.3) is 10.6 Å². The smallest absolute Gasteiger partial charge is 0.249 e. The van der Waals surface area contributed by atoms with Crippen LogP contribution in [0.15, 0.2) is 24.3 Å². The molecule has 0 saturated carbocycles. The lowest BCUT2D eigenvalue weighted by Gasteiger charge is -2.23. The Morgan fingerprint density at radius 2 is 1.69 bits per heavy atom. The molecule has 1 heterocycles. The van der Waals surface area contributed by atoms with E-state index in [2.05, 4.69) is 27.8 Å². The zero-order chi connectivity index (χ0) is 25.5. The summed E-state index contributed by atoms with van der Waals surface area (Å²) in [6.45, 7) is 6.23. The Kier molecular flexibility index (Phi) is 13.3. The second-order valence-corrected chi connectivity index (χ2v) is 10.1. The van der Waals surface area contributed by atoms with Gasteiger partial charge in [0.25, 0.3) is 0 Å². The predicted molar refractivity (Wildman–Crippen MR) is 144 cm³/mol. The molecule has 0 bridgehead atoms. The third-order valence-corrected chi connectivity index (χ3v) is 7.18. The molecule has 7 nitrogen and oxygen atoms in total. The van der Waals surface area contributed by atoms with Crippen molar-refractivity contribution in [1.29, 1.82) is 0 Å². The van der Waals surface area contributed by atoms with Crippen molar-refractivity contribution in [2.45, 2.75) is 97.4 Å². The molecule has 35 heavy (non-hydrogen) atoms. The van der Waals surface area contributed by atoms with Gasteiger partial charge in [-0.05, 0) is 24.5 Å². The number of amides is 2. The van der Waals surface area contributed by atoms with Gasteiger partial charge in [-0.25, -0.2) is 0 Å². The number of benzene rings is 1. The molecule has 194 valence electrons. The molecule has 8 heteroatoms. The second-order valence-electron chi connectivity index (χ2n) is 9.14. The van der Waals surface area contributed by atoms with Gasteiger partial charge in [0.2, 0.25) is 16.9 Å². The summed E-state index contributed by atoms with van der Waals surface area (Å²) in [6, 6.07) is 6.94. The summed E-state index contributed by atoms with van der Waals surface area (Å²) in [4.78, 5) is 25.6. The monoisotopic (exact) mass is 502 g/mol. The highest BCUT2D eigenvalue weighted by Crippen LogP contribution is 2.29. The Morgan fingerprint density at radius 1 is 1.00 bits per heavy atom. The number of hydrogen-bond acceptors (Lipinski definition) is 6. The molecule has 1 aromatic heterocycles. The van der Waals surface area contributed by atoms with Crippen molar-refractivity contribution < 1.29 is 14.3 Å². The standard InChI is InChI=1S/C27H42N4O3S/c1-5-7-8-9-10-11-12-13-14-18-23(32)28-24(20(3)6-2)25(33)29-27-31-30-26(35-27)21-16-15-17-22(19-21)34-4/h15-17,19-20,24H,5-14,18H2,1-4H3,(H,28,32)(H,29,31,33). The molecule has 0 aliphatic carbocycles. The molecule has 2 unspecified atom stereocenters. The number of ether oxygens (including phenoxy) is 1. The van der Waals surface area contributed by atoms with Gasteiger partial charge < -0.3 is 10.1 Å². The van der Waals surface area contributed by atoms with Gasteiger partial charge in [-0.15, -0.1) is 10.2 Å². The van der Waals surface area contributed by atoms with Crippen molar-refractivity contribution in [2.24, 2.45) is 5.92 Å².